The zero-order valence-corrected chi connectivity index (χ0v) is 19.4. The van der Waals surface area contributed by atoms with Gasteiger partial charge in [0.2, 0.25) is 0 Å². The second-order valence-corrected chi connectivity index (χ2v) is 7.84. The van der Waals surface area contributed by atoms with Crippen molar-refractivity contribution in [2.75, 3.05) is 20.8 Å². The highest BCUT2D eigenvalue weighted by Gasteiger charge is 2.08. The molecule has 0 spiro atoms. The Morgan fingerprint density at radius 3 is 2.50 bits per heavy atom. The van der Waals surface area contributed by atoms with E-state index in [0.717, 1.165) is 33.3 Å². The fraction of sp³-hybridized carbons (Fsp3) is 0.222. The van der Waals surface area contributed by atoms with Gasteiger partial charge in [-0.25, -0.2) is 4.79 Å². The number of aromatic amines is 1. The van der Waals surface area contributed by atoms with Crippen LogP contribution in [0.4, 0.5) is 4.79 Å². The molecule has 0 aliphatic carbocycles. The van der Waals surface area contributed by atoms with Crippen LogP contribution in [-0.2, 0) is 19.6 Å². The smallest absolute Gasteiger partial charge is 0.315 e. The van der Waals surface area contributed by atoms with E-state index in [1.807, 2.05) is 66.9 Å². The van der Waals surface area contributed by atoms with E-state index in [2.05, 4.69) is 21.7 Å². The highest BCUT2D eigenvalue weighted by atomic mass is 16.5. The van der Waals surface area contributed by atoms with E-state index in [1.165, 1.54) is 0 Å². The minimum absolute atomic E-state index is 0.216. The molecule has 4 aromatic rings. The van der Waals surface area contributed by atoms with E-state index in [9.17, 15) is 4.79 Å². The maximum Gasteiger partial charge on any atom is 0.315 e. The van der Waals surface area contributed by atoms with E-state index >= 15 is 0 Å². The molecule has 3 N–H and O–H groups in total. The van der Waals surface area contributed by atoms with Crippen LogP contribution >= 0.6 is 0 Å². The summed E-state index contributed by atoms with van der Waals surface area (Å²) in [5.74, 6) is 2.11. The predicted molar refractivity (Wildman–Crippen MR) is 133 cm³/mol. The van der Waals surface area contributed by atoms with Gasteiger partial charge in [-0.1, -0.05) is 36.4 Å². The van der Waals surface area contributed by atoms with Crippen molar-refractivity contribution in [3.05, 3.63) is 89.6 Å². The molecule has 176 valence electrons. The number of carbonyl (C=O) groups is 1. The van der Waals surface area contributed by atoms with Crippen LogP contribution in [-0.4, -0.2) is 31.8 Å². The number of hydrogen-bond donors (Lipinski definition) is 3. The molecule has 3 aromatic carbocycles. The summed E-state index contributed by atoms with van der Waals surface area (Å²) < 4.78 is 16.5. The standard InChI is InChI=1S/C27H29N3O4/c1-32-25-11-8-20(14-26(25)33-2)16-30-27(31)28-13-12-21-17-29-24-15-22(9-10-23(21)24)34-18-19-6-4-3-5-7-19/h3-11,14-15,17,29H,12-13,16,18H2,1-2H3,(H2,28,30,31). The Morgan fingerprint density at radius 1 is 0.882 bits per heavy atom. The third kappa shape index (κ3) is 5.81. The minimum atomic E-state index is -0.216. The van der Waals surface area contributed by atoms with Crippen LogP contribution in [0.3, 0.4) is 0 Å². The van der Waals surface area contributed by atoms with Crippen LogP contribution in [0.15, 0.2) is 72.9 Å². The number of H-pyrrole nitrogens is 1. The van der Waals surface area contributed by atoms with Gasteiger partial charge in [-0.05, 0) is 47.4 Å². The SMILES string of the molecule is COc1ccc(CNC(=O)NCCc2c[nH]c3cc(OCc4ccccc4)ccc23)cc1OC. The number of fused-ring (bicyclic) bond motifs is 1. The van der Waals surface area contributed by atoms with E-state index in [1.54, 1.807) is 14.2 Å². The molecule has 0 atom stereocenters. The summed E-state index contributed by atoms with van der Waals surface area (Å²) in [7, 11) is 3.18. The molecule has 1 aromatic heterocycles. The zero-order valence-electron chi connectivity index (χ0n) is 19.4. The molecule has 0 aliphatic heterocycles. The number of urea groups is 1. The number of ether oxygens (including phenoxy) is 3. The second kappa shape index (κ2) is 11.1. The van der Waals surface area contributed by atoms with Crippen molar-refractivity contribution in [2.45, 2.75) is 19.6 Å². The Kier molecular flexibility index (Phi) is 7.55. The lowest BCUT2D eigenvalue weighted by molar-refractivity contribution is 0.240. The van der Waals surface area contributed by atoms with Crippen molar-refractivity contribution in [1.29, 1.82) is 0 Å². The quantitative estimate of drug-likeness (QED) is 0.318. The van der Waals surface area contributed by atoms with E-state index in [-0.39, 0.29) is 6.03 Å². The first-order valence-corrected chi connectivity index (χ1v) is 11.2. The maximum absolute atomic E-state index is 12.2. The van der Waals surface area contributed by atoms with Crippen molar-refractivity contribution in [1.82, 2.24) is 15.6 Å². The van der Waals surface area contributed by atoms with Gasteiger partial charge < -0.3 is 29.8 Å². The Hall–Kier alpha value is -4.13. The predicted octanol–water partition coefficient (Wildman–Crippen LogP) is 4.81. The molecule has 0 saturated carbocycles. The van der Waals surface area contributed by atoms with Crippen LogP contribution < -0.4 is 24.8 Å². The summed E-state index contributed by atoms with van der Waals surface area (Å²) in [5.41, 5.74) is 4.21. The number of aromatic nitrogens is 1. The molecule has 0 saturated heterocycles. The van der Waals surface area contributed by atoms with Crippen molar-refractivity contribution in [2.24, 2.45) is 0 Å². The molecule has 2 amide bonds. The number of nitrogens with one attached hydrogen (secondary N) is 3. The number of rotatable bonds is 10. The Bertz CT molecular complexity index is 1240. The van der Waals surface area contributed by atoms with E-state index < -0.39 is 0 Å². The van der Waals surface area contributed by atoms with Gasteiger partial charge in [-0.3, -0.25) is 0 Å². The van der Waals surface area contributed by atoms with Crippen molar-refractivity contribution >= 4 is 16.9 Å². The number of methoxy groups -OCH3 is 2. The molecule has 0 bridgehead atoms. The Morgan fingerprint density at radius 2 is 1.71 bits per heavy atom. The van der Waals surface area contributed by atoms with Gasteiger partial charge in [0.25, 0.3) is 0 Å². The second-order valence-electron chi connectivity index (χ2n) is 7.84. The molecular formula is C27H29N3O4. The lowest BCUT2D eigenvalue weighted by Gasteiger charge is -2.11. The maximum atomic E-state index is 12.2. The van der Waals surface area contributed by atoms with Gasteiger partial charge in [0.15, 0.2) is 11.5 Å². The van der Waals surface area contributed by atoms with Crippen LogP contribution in [0.2, 0.25) is 0 Å². The molecule has 0 radical (unpaired) electrons. The van der Waals surface area contributed by atoms with E-state index in [4.69, 9.17) is 14.2 Å². The molecule has 7 nitrogen and oxygen atoms in total. The van der Waals surface area contributed by atoms with Crippen LogP contribution in [0.25, 0.3) is 10.9 Å². The van der Waals surface area contributed by atoms with Crippen LogP contribution in [0.1, 0.15) is 16.7 Å². The Balaban J connectivity index is 1.25. The van der Waals surface area contributed by atoms with E-state index in [0.29, 0.717) is 37.6 Å². The summed E-state index contributed by atoms with van der Waals surface area (Å²) in [6.45, 7) is 1.45. The fourth-order valence-electron chi connectivity index (χ4n) is 3.75. The number of amides is 2. The molecule has 4 rings (SSSR count). The van der Waals surface area contributed by atoms with Crippen molar-refractivity contribution in [3.8, 4) is 17.2 Å². The third-order valence-corrected chi connectivity index (χ3v) is 5.57. The average molecular weight is 460 g/mol. The summed E-state index contributed by atoms with van der Waals surface area (Å²) in [6, 6.07) is 21.5. The highest BCUT2D eigenvalue weighted by molar-refractivity contribution is 5.84. The van der Waals surface area contributed by atoms with Gasteiger partial charge in [-0.15, -0.1) is 0 Å². The lowest BCUT2D eigenvalue weighted by atomic mass is 10.1. The first kappa shape index (κ1) is 23.0. The molecule has 0 fully saturated rings. The molecule has 34 heavy (non-hydrogen) atoms. The molecule has 0 aliphatic rings. The van der Waals surface area contributed by atoms with Gasteiger partial charge in [0, 0.05) is 36.3 Å². The zero-order chi connectivity index (χ0) is 23.8. The highest BCUT2D eigenvalue weighted by Crippen LogP contribution is 2.27. The number of benzene rings is 3. The number of hydrogen-bond acceptors (Lipinski definition) is 4. The monoisotopic (exact) mass is 459 g/mol. The van der Waals surface area contributed by atoms with Gasteiger partial charge in [0.1, 0.15) is 12.4 Å². The Labute approximate surface area is 199 Å². The largest absolute Gasteiger partial charge is 0.493 e. The summed E-state index contributed by atoms with van der Waals surface area (Å²) in [6.07, 6.45) is 2.70. The van der Waals surface area contributed by atoms with Crippen molar-refractivity contribution in [3.63, 3.8) is 0 Å². The first-order chi connectivity index (χ1) is 16.7. The molecular weight excluding hydrogens is 430 g/mol. The molecule has 0 unspecified atom stereocenters. The molecule has 7 heteroatoms. The van der Waals surface area contributed by atoms with Crippen LogP contribution in [0.5, 0.6) is 17.2 Å². The topological polar surface area (TPSA) is 84.6 Å². The minimum Gasteiger partial charge on any atom is -0.493 e. The van der Waals surface area contributed by atoms with Gasteiger partial charge >= 0.3 is 6.03 Å². The lowest BCUT2D eigenvalue weighted by Crippen LogP contribution is -2.36. The van der Waals surface area contributed by atoms with Gasteiger partial charge in [0.05, 0.1) is 14.2 Å². The summed E-state index contributed by atoms with van der Waals surface area (Å²) in [5, 5.41) is 6.91. The third-order valence-electron chi connectivity index (χ3n) is 5.57. The average Bonchev–Trinajstić information content (AvgIpc) is 3.28. The summed E-state index contributed by atoms with van der Waals surface area (Å²) in [4.78, 5) is 15.5. The van der Waals surface area contributed by atoms with Crippen LogP contribution in [0, 0.1) is 0 Å². The molecule has 1 heterocycles. The van der Waals surface area contributed by atoms with Crippen molar-refractivity contribution < 1.29 is 19.0 Å². The number of carbonyl (C=O) groups excluding carboxylic acids is 1. The first-order valence-electron chi connectivity index (χ1n) is 11.2. The normalized spacial score (nSPS) is 10.6. The summed E-state index contributed by atoms with van der Waals surface area (Å²) >= 11 is 0. The van der Waals surface area contributed by atoms with Gasteiger partial charge in [-0.2, -0.15) is 0 Å². The fourth-order valence-corrected chi connectivity index (χ4v) is 3.75.